The molecular formula is C13H17F3N2O. The SMILES string of the molecule is NCc1ccc(N2CCC(O)CC2)cc1C(F)(F)F. The number of rotatable bonds is 2. The number of nitrogens with two attached hydrogens (primary N) is 1. The van der Waals surface area contributed by atoms with E-state index in [1.807, 2.05) is 4.90 Å². The molecule has 0 aromatic heterocycles. The van der Waals surface area contributed by atoms with Crippen LogP contribution < -0.4 is 10.6 Å². The molecule has 1 aliphatic heterocycles. The third-order valence-corrected chi connectivity index (χ3v) is 3.45. The van der Waals surface area contributed by atoms with E-state index in [0.29, 0.717) is 31.6 Å². The van der Waals surface area contributed by atoms with Gasteiger partial charge in [0.15, 0.2) is 0 Å². The molecule has 2 rings (SSSR count). The number of piperidine rings is 1. The smallest absolute Gasteiger partial charge is 0.393 e. The van der Waals surface area contributed by atoms with Crippen LogP contribution >= 0.6 is 0 Å². The van der Waals surface area contributed by atoms with E-state index < -0.39 is 11.7 Å². The van der Waals surface area contributed by atoms with Crippen LogP contribution in [0.15, 0.2) is 18.2 Å². The molecule has 0 saturated carbocycles. The summed E-state index contributed by atoms with van der Waals surface area (Å²) < 4.78 is 38.8. The minimum atomic E-state index is -4.39. The van der Waals surface area contributed by atoms with Crippen LogP contribution in [0.3, 0.4) is 0 Å². The van der Waals surface area contributed by atoms with Crippen LogP contribution in [0.4, 0.5) is 18.9 Å². The first kappa shape index (κ1) is 14.1. The van der Waals surface area contributed by atoms with Crippen LogP contribution in [0, 0.1) is 0 Å². The maximum absolute atomic E-state index is 12.9. The van der Waals surface area contributed by atoms with Crippen LogP contribution in [-0.4, -0.2) is 24.3 Å². The second kappa shape index (κ2) is 5.38. The molecule has 0 spiro atoms. The molecule has 0 unspecified atom stereocenters. The van der Waals surface area contributed by atoms with Crippen LogP contribution in [0.2, 0.25) is 0 Å². The van der Waals surface area contributed by atoms with Gasteiger partial charge in [0.1, 0.15) is 0 Å². The highest BCUT2D eigenvalue weighted by molar-refractivity contribution is 5.52. The molecule has 0 bridgehead atoms. The zero-order chi connectivity index (χ0) is 14.0. The Kier molecular flexibility index (Phi) is 4.01. The van der Waals surface area contributed by atoms with Gasteiger partial charge in [0.25, 0.3) is 0 Å². The van der Waals surface area contributed by atoms with Gasteiger partial charge in [-0.05, 0) is 30.5 Å². The minimum Gasteiger partial charge on any atom is -0.393 e. The summed E-state index contributed by atoms with van der Waals surface area (Å²) in [6, 6.07) is 4.25. The predicted molar refractivity (Wildman–Crippen MR) is 66.8 cm³/mol. The fraction of sp³-hybridized carbons (Fsp3) is 0.538. The molecule has 106 valence electrons. The van der Waals surface area contributed by atoms with Crippen molar-refractivity contribution in [2.75, 3.05) is 18.0 Å². The van der Waals surface area contributed by atoms with E-state index in [1.165, 1.54) is 6.07 Å². The van der Waals surface area contributed by atoms with Crippen LogP contribution in [0.5, 0.6) is 0 Å². The largest absolute Gasteiger partial charge is 0.416 e. The quantitative estimate of drug-likeness (QED) is 0.868. The molecule has 0 amide bonds. The molecular weight excluding hydrogens is 257 g/mol. The molecule has 0 aliphatic carbocycles. The van der Waals surface area contributed by atoms with Gasteiger partial charge in [-0.2, -0.15) is 13.2 Å². The third kappa shape index (κ3) is 3.19. The van der Waals surface area contributed by atoms with Crippen LogP contribution in [0.25, 0.3) is 0 Å². The molecule has 1 aromatic carbocycles. The van der Waals surface area contributed by atoms with E-state index in [9.17, 15) is 18.3 Å². The van der Waals surface area contributed by atoms with Gasteiger partial charge in [-0.25, -0.2) is 0 Å². The van der Waals surface area contributed by atoms with E-state index in [2.05, 4.69) is 0 Å². The first-order valence-corrected chi connectivity index (χ1v) is 6.25. The second-order valence-electron chi connectivity index (χ2n) is 4.76. The van der Waals surface area contributed by atoms with Crippen LogP contribution in [-0.2, 0) is 12.7 Å². The van der Waals surface area contributed by atoms with Gasteiger partial charge in [0.2, 0.25) is 0 Å². The third-order valence-electron chi connectivity index (χ3n) is 3.45. The van der Waals surface area contributed by atoms with E-state index in [4.69, 9.17) is 5.73 Å². The van der Waals surface area contributed by atoms with Gasteiger partial charge in [-0.1, -0.05) is 6.07 Å². The Morgan fingerprint density at radius 2 is 1.89 bits per heavy atom. The fourth-order valence-electron chi connectivity index (χ4n) is 2.33. The summed E-state index contributed by atoms with van der Waals surface area (Å²) in [6.45, 7) is 1.01. The monoisotopic (exact) mass is 274 g/mol. The van der Waals surface area contributed by atoms with Gasteiger partial charge in [-0.15, -0.1) is 0 Å². The van der Waals surface area contributed by atoms with Gasteiger partial charge in [0, 0.05) is 25.3 Å². The lowest BCUT2D eigenvalue weighted by atomic mass is 10.0. The van der Waals surface area contributed by atoms with E-state index in [1.54, 1.807) is 6.07 Å². The standard InChI is InChI=1S/C13H17F3N2O/c14-13(15,16)12-7-10(2-1-9(12)8-17)18-5-3-11(19)4-6-18/h1-2,7,11,19H,3-6,8,17H2. The molecule has 1 fully saturated rings. The van der Waals surface area contributed by atoms with E-state index in [-0.39, 0.29) is 18.2 Å². The number of alkyl halides is 3. The lowest BCUT2D eigenvalue weighted by molar-refractivity contribution is -0.138. The van der Waals surface area contributed by atoms with Crippen molar-refractivity contribution in [1.29, 1.82) is 0 Å². The van der Waals surface area contributed by atoms with Crippen LogP contribution in [0.1, 0.15) is 24.0 Å². The predicted octanol–water partition coefficient (Wildman–Crippen LogP) is 2.13. The Morgan fingerprint density at radius 3 is 2.42 bits per heavy atom. The lowest BCUT2D eigenvalue weighted by Gasteiger charge is -2.32. The Balaban J connectivity index is 2.28. The highest BCUT2D eigenvalue weighted by Crippen LogP contribution is 2.35. The first-order valence-electron chi connectivity index (χ1n) is 6.25. The normalized spacial score (nSPS) is 17.8. The van der Waals surface area contributed by atoms with Crippen molar-refractivity contribution in [2.45, 2.75) is 31.7 Å². The van der Waals surface area contributed by atoms with Crippen molar-refractivity contribution in [2.24, 2.45) is 5.73 Å². The Morgan fingerprint density at radius 1 is 1.26 bits per heavy atom. The number of halogens is 3. The number of aliphatic hydroxyl groups is 1. The molecule has 3 nitrogen and oxygen atoms in total. The van der Waals surface area contributed by atoms with Crippen molar-refractivity contribution < 1.29 is 18.3 Å². The van der Waals surface area contributed by atoms with E-state index >= 15 is 0 Å². The molecule has 1 saturated heterocycles. The first-order chi connectivity index (χ1) is 8.91. The number of benzene rings is 1. The summed E-state index contributed by atoms with van der Waals surface area (Å²) >= 11 is 0. The Hall–Kier alpha value is -1.27. The zero-order valence-corrected chi connectivity index (χ0v) is 10.5. The molecule has 19 heavy (non-hydrogen) atoms. The van der Waals surface area contributed by atoms with Gasteiger partial charge >= 0.3 is 6.18 Å². The highest BCUT2D eigenvalue weighted by Gasteiger charge is 2.33. The Labute approximate surface area is 109 Å². The van der Waals surface area contributed by atoms with Gasteiger partial charge < -0.3 is 15.7 Å². The topological polar surface area (TPSA) is 49.5 Å². The van der Waals surface area contributed by atoms with Gasteiger partial charge in [0.05, 0.1) is 11.7 Å². The fourth-order valence-corrected chi connectivity index (χ4v) is 2.33. The zero-order valence-electron chi connectivity index (χ0n) is 10.5. The average molecular weight is 274 g/mol. The summed E-state index contributed by atoms with van der Waals surface area (Å²) in [5, 5.41) is 9.42. The van der Waals surface area contributed by atoms with Crippen molar-refractivity contribution in [3.8, 4) is 0 Å². The maximum atomic E-state index is 12.9. The molecule has 6 heteroatoms. The van der Waals surface area contributed by atoms with E-state index in [0.717, 1.165) is 6.07 Å². The number of anilines is 1. The molecule has 1 heterocycles. The van der Waals surface area contributed by atoms with Crippen molar-refractivity contribution in [3.63, 3.8) is 0 Å². The summed E-state index contributed by atoms with van der Waals surface area (Å²) in [7, 11) is 0. The molecule has 1 aromatic rings. The molecule has 0 radical (unpaired) electrons. The summed E-state index contributed by atoms with van der Waals surface area (Å²) in [4.78, 5) is 1.86. The van der Waals surface area contributed by atoms with Gasteiger partial charge in [-0.3, -0.25) is 0 Å². The number of nitrogens with zero attached hydrogens (tertiary/aromatic N) is 1. The highest BCUT2D eigenvalue weighted by atomic mass is 19.4. The summed E-state index contributed by atoms with van der Waals surface area (Å²) in [5.41, 5.74) is 5.32. The van der Waals surface area contributed by atoms with Crippen molar-refractivity contribution in [3.05, 3.63) is 29.3 Å². The molecule has 1 aliphatic rings. The van der Waals surface area contributed by atoms with Crippen molar-refractivity contribution >= 4 is 5.69 Å². The number of aliphatic hydroxyl groups excluding tert-OH is 1. The number of hydrogen-bond donors (Lipinski definition) is 2. The van der Waals surface area contributed by atoms with Crippen molar-refractivity contribution in [1.82, 2.24) is 0 Å². The Bertz CT molecular complexity index is 440. The summed E-state index contributed by atoms with van der Waals surface area (Å²) in [5.74, 6) is 0. The lowest BCUT2D eigenvalue weighted by Crippen LogP contribution is -2.36. The maximum Gasteiger partial charge on any atom is 0.416 e. The molecule has 3 N–H and O–H groups in total. The molecule has 0 atom stereocenters. The minimum absolute atomic E-state index is 0.105. The summed E-state index contributed by atoms with van der Waals surface area (Å²) in [6.07, 6.45) is -3.57. The second-order valence-corrected chi connectivity index (χ2v) is 4.76. The number of hydrogen-bond acceptors (Lipinski definition) is 3. The average Bonchev–Trinajstić information content (AvgIpc) is 2.38.